The van der Waals surface area contributed by atoms with Gasteiger partial charge in [-0.3, -0.25) is 9.63 Å². The Balaban J connectivity index is 2.50. The van der Waals surface area contributed by atoms with Crippen LogP contribution in [0.2, 0.25) is 0 Å². The lowest BCUT2D eigenvalue weighted by atomic mass is 9.87. The summed E-state index contributed by atoms with van der Waals surface area (Å²) in [4.78, 5) is 16.7. The SMILES string of the molecule is CCOC(=O)[C@@H]1[C@@H](c2ccccc2)N(C)O[C@]1(O)C(F)(F)F. The summed E-state index contributed by atoms with van der Waals surface area (Å²) in [7, 11) is 1.23. The number of aliphatic hydroxyl groups is 1. The molecule has 0 amide bonds. The van der Waals surface area contributed by atoms with E-state index in [0.717, 1.165) is 5.06 Å². The van der Waals surface area contributed by atoms with Gasteiger partial charge in [-0.15, -0.1) is 0 Å². The molecule has 0 aliphatic carbocycles. The molecule has 0 unspecified atom stereocenters. The van der Waals surface area contributed by atoms with Gasteiger partial charge in [-0.1, -0.05) is 30.3 Å². The van der Waals surface area contributed by atoms with Crippen LogP contribution in [0.1, 0.15) is 18.5 Å². The Morgan fingerprint density at radius 3 is 2.50 bits per heavy atom. The van der Waals surface area contributed by atoms with E-state index in [1.165, 1.54) is 14.0 Å². The van der Waals surface area contributed by atoms with E-state index in [-0.39, 0.29) is 6.61 Å². The largest absolute Gasteiger partial charge is 0.466 e. The lowest BCUT2D eigenvalue weighted by molar-refractivity contribution is -0.400. The van der Waals surface area contributed by atoms with Gasteiger partial charge in [0.2, 0.25) is 0 Å². The first kappa shape index (κ1) is 16.7. The fraction of sp³-hybridized carbons (Fsp3) is 0.500. The van der Waals surface area contributed by atoms with Gasteiger partial charge in [0.25, 0.3) is 5.79 Å². The van der Waals surface area contributed by atoms with E-state index in [4.69, 9.17) is 4.74 Å². The first-order chi connectivity index (χ1) is 10.2. The van der Waals surface area contributed by atoms with Crippen LogP contribution < -0.4 is 0 Å². The van der Waals surface area contributed by atoms with E-state index in [1.807, 2.05) is 0 Å². The molecule has 2 rings (SSSR count). The van der Waals surface area contributed by atoms with Crippen molar-refractivity contribution < 1.29 is 32.6 Å². The van der Waals surface area contributed by atoms with E-state index in [9.17, 15) is 23.1 Å². The first-order valence-corrected chi connectivity index (χ1v) is 6.65. The Kier molecular flexibility index (Phi) is 4.46. The Bertz CT molecular complexity index is 537. The van der Waals surface area contributed by atoms with E-state index >= 15 is 0 Å². The third-order valence-electron chi connectivity index (χ3n) is 3.50. The molecule has 1 fully saturated rings. The Morgan fingerprint density at radius 2 is 2.00 bits per heavy atom. The third kappa shape index (κ3) is 2.69. The molecule has 0 aromatic heterocycles. The number of benzene rings is 1. The van der Waals surface area contributed by atoms with E-state index in [0.29, 0.717) is 5.56 Å². The molecule has 1 aromatic carbocycles. The second-order valence-corrected chi connectivity index (χ2v) is 4.92. The maximum atomic E-state index is 13.2. The predicted molar refractivity (Wildman–Crippen MR) is 69.2 cm³/mol. The molecule has 1 heterocycles. The monoisotopic (exact) mass is 319 g/mol. The highest BCUT2D eigenvalue weighted by molar-refractivity contribution is 5.75. The molecule has 1 aromatic rings. The minimum absolute atomic E-state index is 0.103. The van der Waals surface area contributed by atoms with Gasteiger partial charge in [-0.05, 0) is 12.5 Å². The summed E-state index contributed by atoms with van der Waals surface area (Å²) in [5.41, 5.74) is 0.406. The molecular weight excluding hydrogens is 303 g/mol. The molecule has 22 heavy (non-hydrogen) atoms. The summed E-state index contributed by atoms with van der Waals surface area (Å²) in [6.07, 6.45) is -5.15. The molecule has 5 nitrogen and oxygen atoms in total. The molecule has 8 heteroatoms. The van der Waals surface area contributed by atoms with Gasteiger partial charge in [0, 0.05) is 7.05 Å². The highest BCUT2D eigenvalue weighted by atomic mass is 19.4. The van der Waals surface area contributed by atoms with Gasteiger partial charge in [0.1, 0.15) is 5.92 Å². The average molecular weight is 319 g/mol. The van der Waals surface area contributed by atoms with Crippen molar-refractivity contribution >= 4 is 5.97 Å². The molecule has 1 aliphatic heterocycles. The average Bonchev–Trinajstić information content (AvgIpc) is 2.72. The van der Waals surface area contributed by atoms with Crippen LogP contribution in [0.4, 0.5) is 13.2 Å². The summed E-state index contributed by atoms with van der Waals surface area (Å²) < 4.78 is 44.5. The minimum atomic E-state index is -5.15. The number of carbonyl (C=O) groups excluding carboxylic acids is 1. The van der Waals surface area contributed by atoms with Gasteiger partial charge < -0.3 is 9.84 Å². The van der Waals surface area contributed by atoms with Crippen LogP contribution in [-0.2, 0) is 14.4 Å². The maximum Gasteiger partial charge on any atom is 0.445 e. The van der Waals surface area contributed by atoms with Crippen LogP contribution in [0.5, 0.6) is 0 Å². The highest BCUT2D eigenvalue weighted by Crippen LogP contribution is 2.51. The van der Waals surface area contributed by atoms with Crippen LogP contribution in [0.3, 0.4) is 0 Å². The zero-order valence-electron chi connectivity index (χ0n) is 12.0. The van der Waals surface area contributed by atoms with E-state index < -0.39 is 29.9 Å². The van der Waals surface area contributed by atoms with E-state index in [1.54, 1.807) is 30.3 Å². The maximum absolute atomic E-state index is 13.2. The number of rotatable bonds is 3. The molecule has 0 spiro atoms. The molecule has 0 radical (unpaired) electrons. The summed E-state index contributed by atoms with van der Waals surface area (Å²) in [5.74, 6) is -6.74. The molecule has 0 saturated carbocycles. The normalized spacial score (nSPS) is 29.5. The smallest absolute Gasteiger partial charge is 0.445 e. The molecule has 122 valence electrons. The van der Waals surface area contributed by atoms with Crippen molar-refractivity contribution in [2.45, 2.75) is 24.9 Å². The van der Waals surface area contributed by atoms with Crippen LogP contribution >= 0.6 is 0 Å². The van der Waals surface area contributed by atoms with Crippen LogP contribution in [0, 0.1) is 5.92 Å². The van der Waals surface area contributed by atoms with Crippen molar-refractivity contribution in [1.29, 1.82) is 0 Å². The van der Waals surface area contributed by atoms with Crippen molar-refractivity contribution in [3.05, 3.63) is 35.9 Å². The van der Waals surface area contributed by atoms with Gasteiger partial charge in [0.05, 0.1) is 12.6 Å². The standard InChI is InChI=1S/C14H16F3NO4/c1-3-21-12(19)10-11(9-7-5-4-6-8-9)18(2)22-13(10,20)14(15,16)17/h4-8,10-11,20H,3H2,1-2H3/t10-,11+,13-/m0/s1. The summed E-state index contributed by atoms with van der Waals surface area (Å²) >= 11 is 0. The number of esters is 1. The molecule has 0 bridgehead atoms. The predicted octanol–water partition coefficient (Wildman–Crippen LogP) is 2.03. The number of carbonyl (C=O) groups is 1. The lowest BCUT2D eigenvalue weighted by Crippen LogP contribution is -2.53. The number of ether oxygens (including phenoxy) is 1. The van der Waals surface area contributed by atoms with Gasteiger partial charge in [0.15, 0.2) is 0 Å². The lowest BCUT2D eigenvalue weighted by Gasteiger charge is -2.29. The fourth-order valence-electron chi connectivity index (χ4n) is 2.56. The third-order valence-corrected chi connectivity index (χ3v) is 3.50. The topological polar surface area (TPSA) is 59.0 Å². The highest BCUT2D eigenvalue weighted by Gasteiger charge is 2.71. The number of hydrogen-bond acceptors (Lipinski definition) is 5. The van der Waals surface area contributed by atoms with Gasteiger partial charge >= 0.3 is 12.1 Å². The van der Waals surface area contributed by atoms with Crippen LogP contribution in [-0.4, -0.2) is 41.8 Å². The van der Waals surface area contributed by atoms with Crippen molar-refractivity contribution in [2.75, 3.05) is 13.7 Å². The second-order valence-electron chi connectivity index (χ2n) is 4.92. The second kappa shape index (κ2) is 5.86. The zero-order valence-corrected chi connectivity index (χ0v) is 12.0. The summed E-state index contributed by atoms with van der Waals surface area (Å²) in [6, 6.07) is 6.92. The van der Waals surface area contributed by atoms with Crippen molar-refractivity contribution in [3.63, 3.8) is 0 Å². The number of hydroxylamine groups is 2. The van der Waals surface area contributed by atoms with Crippen molar-refractivity contribution in [3.8, 4) is 0 Å². The summed E-state index contributed by atoms with van der Waals surface area (Å²) in [6.45, 7) is 1.37. The molecule has 3 atom stereocenters. The number of halogens is 3. The van der Waals surface area contributed by atoms with Gasteiger partial charge in [-0.25, -0.2) is 0 Å². The quantitative estimate of drug-likeness (QED) is 0.864. The molecule has 1 N–H and O–H groups in total. The first-order valence-electron chi connectivity index (χ1n) is 6.65. The number of nitrogens with zero attached hydrogens (tertiary/aromatic N) is 1. The number of hydrogen-bond donors (Lipinski definition) is 1. The van der Waals surface area contributed by atoms with Crippen LogP contribution in [0.15, 0.2) is 30.3 Å². The Morgan fingerprint density at radius 1 is 1.41 bits per heavy atom. The van der Waals surface area contributed by atoms with Crippen molar-refractivity contribution in [2.24, 2.45) is 5.92 Å². The molecule has 1 saturated heterocycles. The number of alkyl halides is 3. The van der Waals surface area contributed by atoms with Crippen molar-refractivity contribution in [1.82, 2.24) is 5.06 Å². The van der Waals surface area contributed by atoms with E-state index in [2.05, 4.69) is 4.84 Å². The Hall–Kier alpha value is -1.64. The van der Waals surface area contributed by atoms with Gasteiger partial charge in [-0.2, -0.15) is 18.2 Å². The molecule has 1 aliphatic rings. The van der Waals surface area contributed by atoms with Crippen LogP contribution in [0.25, 0.3) is 0 Å². The summed E-state index contributed by atoms with van der Waals surface area (Å²) in [5, 5.41) is 10.8. The zero-order chi connectivity index (χ0) is 16.5. The minimum Gasteiger partial charge on any atom is -0.466 e. The fourth-order valence-corrected chi connectivity index (χ4v) is 2.56. The Labute approximate surface area is 125 Å². The molecular formula is C14H16F3NO4.